The molecule has 0 aliphatic rings. The van der Waals surface area contributed by atoms with Crippen LogP contribution in [0.4, 0.5) is 10.1 Å². The topological polar surface area (TPSA) is 101 Å². The first-order valence-electron chi connectivity index (χ1n) is 6.72. The molecule has 0 amide bonds. The normalized spacial score (nSPS) is 10.1. The van der Waals surface area contributed by atoms with Crippen LogP contribution in [-0.2, 0) is 16.1 Å². The Morgan fingerprint density at radius 2 is 1.96 bits per heavy atom. The van der Waals surface area contributed by atoms with Gasteiger partial charge in [0.25, 0.3) is 11.8 Å². The molecule has 2 rings (SSSR count). The SMILES string of the molecule is COC(=O)COc1nc(OCc2ccccc2)c(F)cc1[N+](=O)[O-]. The Kier molecular flexibility index (Phi) is 5.61. The second-order valence-electron chi connectivity index (χ2n) is 4.50. The quantitative estimate of drug-likeness (QED) is 0.434. The number of nitrogens with zero attached hydrogens (tertiary/aromatic N) is 2. The molecule has 0 atom stereocenters. The maximum atomic E-state index is 13.9. The van der Waals surface area contributed by atoms with Crippen molar-refractivity contribution in [2.24, 2.45) is 0 Å². The average molecular weight is 336 g/mol. The van der Waals surface area contributed by atoms with Gasteiger partial charge in [0, 0.05) is 0 Å². The van der Waals surface area contributed by atoms with E-state index in [1.807, 2.05) is 6.07 Å². The van der Waals surface area contributed by atoms with Crippen LogP contribution >= 0.6 is 0 Å². The first-order valence-corrected chi connectivity index (χ1v) is 6.72. The number of hydrogen-bond donors (Lipinski definition) is 0. The molecule has 9 heteroatoms. The largest absolute Gasteiger partial charge is 0.471 e. The lowest BCUT2D eigenvalue weighted by Gasteiger charge is -2.09. The molecule has 0 fully saturated rings. The Hall–Kier alpha value is -3.23. The van der Waals surface area contributed by atoms with Crippen molar-refractivity contribution in [1.29, 1.82) is 0 Å². The van der Waals surface area contributed by atoms with E-state index in [1.165, 1.54) is 0 Å². The van der Waals surface area contributed by atoms with E-state index < -0.39 is 40.8 Å². The number of halogens is 1. The minimum atomic E-state index is -1.01. The number of ether oxygens (including phenoxy) is 3. The van der Waals surface area contributed by atoms with Crippen LogP contribution < -0.4 is 9.47 Å². The zero-order valence-corrected chi connectivity index (χ0v) is 12.6. The summed E-state index contributed by atoms with van der Waals surface area (Å²) in [5, 5.41) is 10.9. The highest BCUT2D eigenvalue weighted by Gasteiger charge is 2.23. The highest BCUT2D eigenvalue weighted by atomic mass is 19.1. The van der Waals surface area contributed by atoms with Gasteiger partial charge in [-0.25, -0.2) is 9.18 Å². The summed E-state index contributed by atoms with van der Waals surface area (Å²) in [5.74, 6) is -2.77. The number of carbonyl (C=O) groups excluding carboxylic acids is 1. The predicted octanol–water partition coefficient (Wildman–Crippen LogP) is 2.26. The molecule has 0 saturated carbocycles. The van der Waals surface area contributed by atoms with E-state index >= 15 is 0 Å². The zero-order valence-electron chi connectivity index (χ0n) is 12.6. The molecule has 2 aromatic rings. The maximum Gasteiger partial charge on any atom is 0.343 e. The van der Waals surface area contributed by atoms with Crippen molar-refractivity contribution in [3.05, 3.63) is 57.9 Å². The van der Waals surface area contributed by atoms with Gasteiger partial charge in [0.2, 0.25) is 0 Å². The lowest BCUT2D eigenvalue weighted by molar-refractivity contribution is -0.386. The summed E-state index contributed by atoms with van der Waals surface area (Å²) >= 11 is 0. The van der Waals surface area contributed by atoms with Gasteiger partial charge in [-0.15, -0.1) is 0 Å². The van der Waals surface area contributed by atoms with Crippen LogP contribution in [0.1, 0.15) is 5.56 Å². The number of pyridine rings is 1. The first-order chi connectivity index (χ1) is 11.5. The summed E-state index contributed by atoms with van der Waals surface area (Å²) in [6, 6.07) is 9.52. The van der Waals surface area contributed by atoms with E-state index in [0.29, 0.717) is 6.07 Å². The van der Waals surface area contributed by atoms with E-state index in [1.54, 1.807) is 24.3 Å². The van der Waals surface area contributed by atoms with Crippen molar-refractivity contribution < 1.29 is 28.3 Å². The van der Waals surface area contributed by atoms with Crippen molar-refractivity contribution in [3.63, 3.8) is 0 Å². The molecule has 126 valence electrons. The van der Waals surface area contributed by atoms with Crippen LogP contribution in [0.25, 0.3) is 0 Å². The van der Waals surface area contributed by atoms with Crippen molar-refractivity contribution in [2.45, 2.75) is 6.61 Å². The Balaban J connectivity index is 2.21. The average Bonchev–Trinajstić information content (AvgIpc) is 2.59. The fraction of sp³-hybridized carbons (Fsp3) is 0.200. The monoisotopic (exact) mass is 336 g/mol. The number of benzene rings is 1. The van der Waals surface area contributed by atoms with Crippen LogP contribution in [0, 0.1) is 15.9 Å². The maximum absolute atomic E-state index is 13.9. The molecule has 0 unspecified atom stereocenters. The lowest BCUT2D eigenvalue weighted by atomic mass is 10.2. The molecule has 0 radical (unpaired) electrons. The standard InChI is InChI=1S/C15H13FN2O6/c1-22-13(19)9-24-15-12(18(20)21)7-11(16)14(17-15)23-8-10-5-3-2-4-6-10/h2-7H,8-9H2,1H3. The van der Waals surface area contributed by atoms with Crippen molar-refractivity contribution in [3.8, 4) is 11.8 Å². The molecule has 0 saturated heterocycles. The van der Waals surface area contributed by atoms with E-state index in [0.717, 1.165) is 12.7 Å². The zero-order chi connectivity index (χ0) is 17.5. The number of rotatable bonds is 7. The van der Waals surface area contributed by atoms with Crippen molar-refractivity contribution >= 4 is 11.7 Å². The van der Waals surface area contributed by atoms with Gasteiger partial charge >= 0.3 is 11.7 Å². The minimum absolute atomic E-state index is 0.0129. The van der Waals surface area contributed by atoms with Gasteiger partial charge in [-0.3, -0.25) is 10.1 Å². The second kappa shape index (κ2) is 7.86. The van der Waals surface area contributed by atoms with Gasteiger partial charge in [0.1, 0.15) is 6.61 Å². The van der Waals surface area contributed by atoms with E-state index in [9.17, 15) is 19.3 Å². The van der Waals surface area contributed by atoms with Gasteiger partial charge in [0.15, 0.2) is 12.4 Å². The summed E-state index contributed by atoms with van der Waals surface area (Å²) in [5.41, 5.74) is 0.0394. The Morgan fingerprint density at radius 1 is 1.25 bits per heavy atom. The van der Waals surface area contributed by atoms with E-state index in [-0.39, 0.29) is 6.61 Å². The first kappa shape index (κ1) is 17.1. The van der Waals surface area contributed by atoms with Gasteiger partial charge in [-0.2, -0.15) is 4.98 Å². The number of carbonyl (C=O) groups is 1. The highest BCUT2D eigenvalue weighted by Crippen LogP contribution is 2.30. The molecule has 0 N–H and O–H groups in total. The van der Waals surface area contributed by atoms with Gasteiger partial charge in [-0.1, -0.05) is 30.3 Å². The van der Waals surface area contributed by atoms with Gasteiger partial charge in [-0.05, 0) is 5.56 Å². The third-order valence-electron chi connectivity index (χ3n) is 2.86. The van der Waals surface area contributed by atoms with Crippen LogP contribution in [0.3, 0.4) is 0 Å². The molecule has 1 heterocycles. The molecule has 0 aliphatic carbocycles. The molecule has 8 nitrogen and oxygen atoms in total. The summed E-state index contributed by atoms with van der Waals surface area (Å²) in [6.07, 6.45) is 0. The summed E-state index contributed by atoms with van der Waals surface area (Å²) in [4.78, 5) is 24.8. The second-order valence-corrected chi connectivity index (χ2v) is 4.50. The van der Waals surface area contributed by atoms with Gasteiger partial charge < -0.3 is 14.2 Å². The summed E-state index contributed by atoms with van der Waals surface area (Å²) < 4.78 is 28.4. The highest BCUT2D eigenvalue weighted by molar-refractivity contribution is 5.71. The third-order valence-corrected chi connectivity index (χ3v) is 2.86. The van der Waals surface area contributed by atoms with Crippen LogP contribution in [0.5, 0.6) is 11.8 Å². The minimum Gasteiger partial charge on any atom is -0.471 e. The summed E-state index contributed by atoms with van der Waals surface area (Å²) in [6.45, 7) is -0.590. The number of esters is 1. The molecular weight excluding hydrogens is 323 g/mol. The van der Waals surface area contributed by atoms with Crippen LogP contribution in [0.2, 0.25) is 0 Å². The molecule has 1 aromatic carbocycles. The number of aromatic nitrogens is 1. The van der Waals surface area contributed by atoms with E-state index in [2.05, 4.69) is 9.72 Å². The third kappa shape index (κ3) is 4.38. The molecule has 1 aromatic heterocycles. The summed E-state index contributed by atoms with van der Waals surface area (Å²) in [7, 11) is 1.13. The van der Waals surface area contributed by atoms with Gasteiger partial charge in [0.05, 0.1) is 18.1 Å². The van der Waals surface area contributed by atoms with Crippen LogP contribution in [0.15, 0.2) is 36.4 Å². The smallest absolute Gasteiger partial charge is 0.343 e. The number of methoxy groups -OCH3 is 1. The van der Waals surface area contributed by atoms with E-state index in [4.69, 9.17) is 9.47 Å². The van der Waals surface area contributed by atoms with Crippen molar-refractivity contribution in [2.75, 3.05) is 13.7 Å². The fourth-order valence-electron chi connectivity index (χ4n) is 1.70. The molecular formula is C15H13FN2O6. The molecule has 0 aliphatic heterocycles. The number of nitro groups is 1. The molecule has 24 heavy (non-hydrogen) atoms. The Labute approximate surface area is 135 Å². The lowest BCUT2D eigenvalue weighted by Crippen LogP contribution is -2.14. The molecule has 0 spiro atoms. The number of hydrogen-bond acceptors (Lipinski definition) is 7. The Bertz CT molecular complexity index is 738. The predicted molar refractivity (Wildman–Crippen MR) is 79.1 cm³/mol. The molecule has 0 bridgehead atoms. The van der Waals surface area contributed by atoms with Crippen molar-refractivity contribution in [1.82, 2.24) is 4.98 Å². The van der Waals surface area contributed by atoms with Crippen LogP contribution in [-0.4, -0.2) is 29.6 Å². The fourth-order valence-corrected chi connectivity index (χ4v) is 1.70. The Morgan fingerprint density at radius 3 is 2.58 bits per heavy atom.